The number of fused-ring (bicyclic) bond motifs is 1. The number of rotatable bonds is 6. The molecule has 0 saturated carbocycles. The molecule has 0 spiro atoms. The van der Waals surface area contributed by atoms with E-state index in [0.29, 0.717) is 4.77 Å². The van der Waals surface area contributed by atoms with Gasteiger partial charge in [0.1, 0.15) is 12.4 Å². The van der Waals surface area contributed by atoms with Crippen molar-refractivity contribution in [2.24, 2.45) is 5.92 Å². The van der Waals surface area contributed by atoms with E-state index >= 15 is 0 Å². The second kappa shape index (κ2) is 8.06. The number of aromatic nitrogens is 2. The summed E-state index contributed by atoms with van der Waals surface area (Å²) in [5.74, 6) is 1.70. The summed E-state index contributed by atoms with van der Waals surface area (Å²) in [6.07, 6.45) is 3.77. The van der Waals surface area contributed by atoms with Crippen LogP contribution in [0.5, 0.6) is 5.75 Å². The standard InChI is InChI=1S/C21H25N3OS/c26-21-22-19-7-6-18(15-20(19)23-21)25-13-12-24-10-8-17(9-11-24)14-16-4-2-1-3-5-16/h1-7,15,17H,8-14H2,(H2,22,23,26). The fourth-order valence-corrected chi connectivity index (χ4v) is 3.98. The van der Waals surface area contributed by atoms with E-state index in [1.807, 2.05) is 18.2 Å². The van der Waals surface area contributed by atoms with E-state index in [-0.39, 0.29) is 0 Å². The van der Waals surface area contributed by atoms with E-state index in [0.717, 1.165) is 35.9 Å². The predicted octanol–water partition coefficient (Wildman–Crippen LogP) is 4.56. The Bertz CT molecular complexity index is 894. The van der Waals surface area contributed by atoms with Crippen LogP contribution in [0.4, 0.5) is 0 Å². The maximum atomic E-state index is 5.94. The lowest BCUT2D eigenvalue weighted by molar-refractivity contribution is 0.155. The second-order valence-electron chi connectivity index (χ2n) is 7.11. The molecule has 2 heterocycles. The number of likely N-dealkylation sites (tertiary alicyclic amines) is 1. The summed E-state index contributed by atoms with van der Waals surface area (Å²) in [5.41, 5.74) is 3.48. The molecule has 136 valence electrons. The number of H-pyrrole nitrogens is 2. The summed E-state index contributed by atoms with van der Waals surface area (Å²) in [6.45, 7) is 4.05. The van der Waals surface area contributed by atoms with Crippen molar-refractivity contribution < 1.29 is 4.74 Å². The summed E-state index contributed by atoms with van der Waals surface area (Å²) >= 11 is 5.12. The minimum atomic E-state index is 0.649. The normalized spacial score (nSPS) is 16.2. The fourth-order valence-electron chi connectivity index (χ4n) is 3.76. The van der Waals surface area contributed by atoms with Gasteiger partial charge in [-0.25, -0.2) is 0 Å². The third-order valence-electron chi connectivity index (χ3n) is 5.24. The zero-order valence-electron chi connectivity index (χ0n) is 14.9. The first kappa shape index (κ1) is 17.3. The molecule has 5 heteroatoms. The second-order valence-corrected chi connectivity index (χ2v) is 7.52. The Balaban J connectivity index is 1.21. The number of nitrogens with one attached hydrogen (secondary N) is 2. The molecule has 0 aliphatic carbocycles. The Morgan fingerprint density at radius 2 is 1.77 bits per heavy atom. The zero-order valence-corrected chi connectivity index (χ0v) is 15.7. The number of piperidine rings is 1. The number of imidazole rings is 1. The van der Waals surface area contributed by atoms with Crippen molar-refractivity contribution in [2.75, 3.05) is 26.2 Å². The molecule has 1 aliphatic rings. The van der Waals surface area contributed by atoms with Crippen molar-refractivity contribution in [3.05, 3.63) is 58.9 Å². The topological polar surface area (TPSA) is 44.0 Å². The van der Waals surface area contributed by atoms with E-state index < -0.39 is 0 Å². The van der Waals surface area contributed by atoms with Crippen molar-refractivity contribution >= 4 is 23.3 Å². The smallest absolute Gasteiger partial charge is 0.175 e. The van der Waals surface area contributed by atoms with Crippen LogP contribution in [-0.4, -0.2) is 41.1 Å². The van der Waals surface area contributed by atoms with Crippen LogP contribution in [0.15, 0.2) is 48.5 Å². The molecular formula is C21H25N3OS. The molecule has 2 N–H and O–H groups in total. The minimum absolute atomic E-state index is 0.649. The van der Waals surface area contributed by atoms with Crippen molar-refractivity contribution in [1.82, 2.24) is 14.9 Å². The molecule has 1 saturated heterocycles. The largest absolute Gasteiger partial charge is 0.492 e. The Kier molecular flexibility index (Phi) is 5.37. The molecule has 4 nitrogen and oxygen atoms in total. The Morgan fingerprint density at radius 3 is 2.58 bits per heavy atom. The molecule has 0 radical (unpaired) electrons. The monoisotopic (exact) mass is 367 g/mol. The van der Waals surface area contributed by atoms with Crippen molar-refractivity contribution in [1.29, 1.82) is 0 Å². The van der Waals surface area contributed by atoms with Gasteiger partial charge in [-0.1, -0.05) is 30.3 Å². The van der Waals surface area contributed by atoms with Gasteiger partial charge in [0.15, 0.2) is 4.77 Å². The highest BCUT2D eigenvalue weighted by Gasteiger charge is 2.19. The number of aromatic amines is 2. The first-order valence-electron chi connectivity index (χ1n) is 9.37. The molecule has 3 aromatic rings. The molecule has 4 rings (SSSR count). The van der Waals surface area contributed by atoms with E-state index in [2.05, 4.69) is 45.2 Å². The molecule has 1 fully saturated rings. The Morgan fingerprint density at radius 1 is 1.00 bits per heavy atom. The average Bonchev–Trinajstić information content (AvgIpc) is 3.03. The summed E-state index contributed by atoms with van der Waals surface area (Å²) < 4.78 is 6.59. The lowest BCUT2D eigenvalue weighted by Gasteiger charge is -2.31. The minimum Gasteiger partial charge on any atom is -0.492 e. The number of benzene rings is 2. The summed E-state index contributed by atoms with van der Waals surface area (Å²) in [6, 6.07) is 16.9. The molecule has 26 heavy (non-hydrogen) atoms. The lowest BCUT2D eigenvalue weighted by Crippen LogP contribution is -2.37. The van der Waals surface area contributed by atoms with Crippen LogP contribution in [0.2, 0.25) is 0 Å². The maximum Gasteiger partial charge on any atom is 0.175 e. The van der Waals surface area contributed by atoms with Gasteiger partial charge in [0.05, 0.1) is 11.0 Å². The van der Waals surface area contributed by atoms with Gasteiger partial charge >= 0.3 is 0 Å². The van der Waals surface area contributed by atoms with Crippen LogP contribution in [-0.2, 0) is 6.42 Å². The van der Waals surface area contributed by atoms with Crippen LogP contribution in [0.3, 0.4) is 0 Å². The third kappa shape index (κ3) is 4.34. The van der Waals surface area contributed by atoms with E-state index in [4.69, 9.17) is 17.0 Å². The van der Waals surface area contributed by atoms with Crippen LogP contribution >= 0.6 is 12.2 Å². The first-order chi connectivity index (χ1) is 12.8. The summed E-state index contributed by atoms with van der Waals surface area (Å²) in [4.78, 5) is 8.76. The first-order valence-corrected chi connectivity index (χ1v) is 9.78. The fraction of sp³-hybridized carbons (Fsp3) is 0.381. The quantitative estimate of drug-likeness (QED) is 0.628. The van der Waals surface area contributed by atoms with Crippen LogP contribution < -0.4 is 4.74 Å². The molecule has 0 amide bonds. The predicted molar refractivity (Wildman–Crippen MR) is 108 cm³/mol. The van der Waals surface area contributed by atoms with Gasteiger partial charge in [0.2, 0.25) is 0 Å². The highest BCUT2D eigenvalue weighted by Crippen LogP contribution is 2.22. The van der Waals surface area contributed by atoms with Gasteiger partial charge in [-0.05, 0) is 68.2 Å². The number of nitrogens with zero attached hydrogens (tertiary/aromatic N) is 1. The number of hydrogen-bond acceptors (Lipinski definition) is 3. The van der Waals surface area contributed by atoms with Gasteiger partial charge in [-0.3, -0.25) is 4.90 Å². The van der Waals surface area contributed by atoms with Gasteiger partial charge in [-0.2, -0.15) is 0 Å². The molecule has 1 aromatic heterocycles. The molecule has 2 aromatic carbocycles. The van der Waals surface area contributed by atoms with E-state index in [1.165, 1.54) is 37.9 Å². The lowest BCUT2D eigenvalue weighted by atomic mass is 9.90. The van der Waals surface area contributed by atoms with Gasteiger partial charge in [0.25, 0.3) is 0 Å². The van der Waals surface area contributed by atoms with Crippen LogP contribution in [0, 0.1) is 10.7 Å². The third-order valence-corrected chi connectivity index (χ3v) is 5.44. The summed E-state index contributed by atoms with van der Waals surface area (Å²) in [5, 5.41) is 0. The highest BCUT2D eigenvalue weighted by molar-refractivity contribution is 7.71. The van der Waals surface area contributed by atoms with Crippen LogP contribution in [0.25, 0.3) is 11.0 Å². The maximum absolute atomic E-state index is 5.94. The number of hydrogen-bond donors (Lipinski definition) is 2. The summed E-state index contributed by atoms with van der Waals surface area (Å²) in [7, 11) is 0. The Labute approximate surface area is 159 Å². The molecule has 0 bridgehead atoms. The van der Waals surface area contributed by atoms with Gasteiger partial charge < -0.3 is 14.7 Å². The molecular weight excluding hydrogens is 342 g/mol. The van der Waals surface area contributed by atoms with Crippen molar-refractivity contribution in [3.8, 4) is 5.75 Å². The van der Waals surface area contributed by atoms with Gasteiger partial charge in [0, 0.05) is 12.6 Å². The molecule has 1 aliphatic heterocycles. The van der Waals surface area contributed by atoms with E-state index in [9.17, 15) is 0 Å². The van der Waals surface area contributed by atoms with Crippen LogP contribution in [0.1, 0.15) is 18.4 Å². The highest BCUT2D eigenvalue weighted by atomic mass is 32.1. The van der Waals surface area contributed by atoms with Gasteiger partial charge in [-0.15, -0.1) is 0 Å². The van der Waals surface area contributed by atoms with Crippen molar-refractivity contribution in [2.45, 2.75) is 19.3 Å². The average molecular weight is 368 g/mol. The molecule has 0 atom stereocenters. The number of ether oxygens (including phenoxy) is 1. The van der Waals surface area contributed by atoms with E-state index in [1.54, 1.807) is 0 Å². The molecule has 0 unspecified atom stereocenters. The zero-order chi connectivity index (χ0) is 17.8. The van der Waals surface area contributed by atoms with Crippen molar-refractivity contribution in [3.63, 3.8) is 0 Å². The SMILES string of the molecule is S=c1[nH]c2ccc(OCCN3CCC(Cc4ccccc4)CC3)cc2[nH]1. The Hall–Kier alpha value is -2.11.